The predicted octanol–water partition coefficient (Wildman–Crippen LogP) is 4.00. The summed E-state index contributed by atoms with van der Waals surface area (Å²) in [5, 5.41) is 13.6. The number of nitrogens with one attached hydrogen (secondary N) is 1. The third-order valence-corrected chi connectivity index (χ3v) is 4.32. The van der Waals surface area contributed by atoms with E-state index in [1.807, 2.05) is 38.1 Å². The van der Waals surface area contributed by atoms with Gasteiger partial charge in [-0.3, -0.25) is 0 Å². The van der Waals surface area contributed by atoms with Crippen molar-refractivity contribution in [2.24, 2.45) is 0 Å². The van der Waals surface area contributed by atoms with Gasteiger partial charge in [0.1, 0.15) is 0 Å². The Labute approximate surface area is 142 Å². The molecule has 2 rings (SSSR count). The summed E-state index contributed by atoms with van der Waals surface area (Å²) in [6.07, 6.45) is 1.02. The molecule has 0 radical (unpaired) electrons. The molecule has 5 heteroatoms. The number of hydrogen-bond acceptors (Lipinski definition) is 2. The first kappa shape index (κ1) is 17.6. The van der Waals surface area contributed by atoms with E-state index in [2.05, 4.69) is 16.8 Å². The van der Waals surface area contributed by atoms with Gasteiger partial charge < -0.3 is 15.0 Å². The van der Waals surface area contributed by atoms with Gasteiger partial charge in [0.25, 0.3) is 0 Å². The molecular weight excluding hydrogens is 312 g/mol. The summed E-state index contributed by atoms with van der Waals surface area (Å²) in [5.41, 5.74) is 4.11. The van der Waals surface area contributed by atoms with Gasteiger partial charge in [-0.25, -0.2) is 4.79 Å². The third-order valence-electron chi connectivity index (χ3n) is 4.08. The molecule has 0 fully saturated rings. The third kappa shape index (κ3) is 3.95. The van der Waals surface area contributed by atoms with Crippen molar-refractivity contribution in [1.29, 1.82) is 0 Å². The van der Waals surface area contributed by atoms with Crippen molar-refractivity contribution in [2.45, 2.75) is 40.3 Å². The molecule has 0 saturated heterocycles. The summed E-state index contributed by atoms with van der Waals surface area (Å²) < 4.78 is 2.05. The number of rotatable bonds is 7. The van der Waals surface area contributed by atoms with Gasteiger partial charge in [0.05, 0.1) is 5.56 Å². The van der Waals surface area contributed by atoms with Gasteiger partial charge >= 0.3 is 5.97 Å². The Morgan fingerprint density at radius 1 is 1.30 bits per heavy atom. The molecule has 1 aromatic carbocycles. The zero-order valence-electron chi connectivity index (χ0n) is 13.8. The van der Waals surface area contributed by atoms with Gasteiger partial charge in [-0.1, -0.05) is 30.7 Å². The molecule has 0 aliphatic heterocycles. The molecule has 1 aromatic heterocycles. The topological polar surface area (TPSA) is 54.3 Å². The Morgan fingerprint density at radius 3 is 2.65 bits per heavy atom. The number of halogens is 1. The molecule has 0 aliphatic carbocycles. The largest absolute Gasteiger partial charge is 0.478 e. The molecule has 0 saturated carbocycles. The number of carboxylic acids is 1. The predicted molar refractivity (Wildman–Crippen MR) is 93.4 cm³/mol. The molecular formula is C18H23ClN2O2. The number of carbonyl (C=O) groups is 1. The first-order chi connectivity index (χ1) is 11.0. The van der Waals surface area contributed by atoms with Crippen LogP contribution in [0.5, 0.6) is 0 Å². The number of benzene rings is 1. The molecule has 0 amide bonds. The second kappa shape index (κ2) is 7.66. The highest BCUT2D eigenvalue weighted by Gasteiger charge is 2.22. The Morgan fingerprint density at radius 2 is 2.04 bits per heavy atom. The SMILES string of the molecule is CCCNCc1c(C(=O)O)c(C)n(Cc2cccc(Cl)c2)c1C. The second-order valence-electron chi connectivity index (χ2n) is 5.72. The smallest absolute Gasteiger partial charge is 0.337 e. The average molecular weight is 335 g/mol. The highest BCUT2D eigenvalue weighted by atomic mass is 35.5. The highest BCUT2D eigenvalue weighted by Crippen LogP contribution is 2.24. The number of aromatic carboxylic acids is 1. The van der Waals surface area contributed by atoms with E-state index in [0.29, 0.717) is 23.7 Å². The summed E-state index contributed by atoms with van der Waals surface area (Å²) in [6, 6.07) is 7.66. The standard InChI is InChI=1S/C18H23ClN2O2/c1-4-8-20-10-16-12(2)21(13(3)17(16)18(22)23)11-14-6-5-7-15(19)9-14/h5-7,9,20H,4,8,10-11H2,1-3H3,(H,22,23). The Hall–Kier alpha value is -1.78. The molecule has 23 heavy (non-hydrogen) atoms. The number of nitrogens with zero attached hydrogens (tertiary/aromatic N) is 1. The fourth-order valence-corrected chi connectivity index (χ4v) is 3.11. The fourth-order valence-electron chi connectivity index (χ4n) is 2.89. The van der Waals surface area contributed by atoms with Gasteiger partial charge in [0, 0.05) is 35.1 Å². The lowest BCUT2D eigenvalue weighted by Gasteiger charge is -2.10. The summed E-state index contributed by atoms with van der Waals surface area (Å²) in [4.78, 5) is 11.7. The van der Waals surface area contributed by atoms with Crippen molar-refractivity contribution in [3.8, 4) is 0 Å². The molecule has 0 spiro atoms. The van der Waals surface area contributed by atoms with Crippen molar-refractivity contribution in [1.82, 2.24) is 9.88 Å². The quantitative estimate of drug-likeness (QED) is 0.752. The minimum atomic E-state index is -0.872. The first-order valence-electron chi connectivity index (χ1n) is 7.82. The van der Waals surface area contributed by atoms with Crippen molar-refractivity contribution in [2.75, 3.05) is 6.54 Å². The van der Waals surface area contributed by atoms with Crippen LogP contribution in [-0.2, 0) is 13.1 Å². The zero-order valence-corrected chi connectivity index (χ0v) is 14.6. The van der Waals surface area contributed by atoms with E-state index in [1.165, 1.54) is 0 Å². The Balaban J connectivity index is 2.39. The van der Waals surface area contributed by atoms with Crippen LogP contribution in [0.15, 0.2) is 24.3 Å². The van der Waals surface area contributed by atoms with Crippen LogP contribution in [0.4, 0.5) is 0 Å². The van der Waals surface area contributed by atoms with E-state index >= 15 is 0 Å². The van der Waals surface area contributed by atoms with Crippen LogP contribution in [0, 0.1) is 13.8 Å². The van der Waals surface area contributed by atoms with Crippen molar-refractivity contribution in [3.05, 3.63) is 57.4 Å². The van der Waals surface area contributed by atoms with Crippen LogP contribution in [-0.4, -0.2) is 22.2 Å². The minimum Gasteiger partial charge on any atom is -0.478 e. The number of carboxylic acid groups (broad SMARTS) is 1. The maximum absolute atomic E-state index is 11.7. The zero-order chi connectivity index (χ0) is 17.0. The molecule has 2 N–H and O–H groups in total. The van der Waals surface area contributed by atoms with E-state index in [4.69, 9.17) is 11.6 Å². The van der Waals surface area contributed by atoms with Crippen LogP contribution in [0.2, 0.25) is 5.02 Å². The summed E-state index contributed by atoms with van der Waals surface area (Å²) in [5.74, 6) is -0.872. The van der Waals surface area contributed by atoms with Crippen LogP contribution in [0.1, 0.15) is 46.2 Å². The summed E-state index contributed by atoms with van der Waals surface area (Å²) in [7, 11) is 0. The van der Waals surface area contributed by atoms with E-state index in [-0.39, 0.29) is 0 Å². The van der Waals surface area contributed by atoms with E-state index in [1.54, 1.807) is 0 Å². The molecule has 1 heterocycles. The van der Waals surface area contributed by atoms with Gasteiger partial charge in [-0.15, -0.1) is 0 Å². The van der Waals surface area contributed by atoms with Crippen molar-refractivity contribution in [3.63, 3.8) is 0 Å². The fraction of sp³-hybridized carbons (Fsp3) is 0.389. The molecule has 0 atom stereocenters. The van der Waals surface area contributed by atoms with Crippen LogP contribution in [0.25, 0.3) is 0 Å². The highest BCUT2D eigenvalue weighted by molar-refractivity contribution is 6.30. The number of aromatic nitrogens is 1. The maximum Gasteiger partial charge on any atom is 0.337 e. The molecule has 0 unspecified atom stereocenters. The first-order valence-corrected chi connectivity index (χ1v) is 8.20. The molecule has 0 aliphatic rings. The monoisotopic (exact) mass is 334 g/mol. The molecule has 2 aromatic rings. The van der Waals surface area contributed by atoms with Gasteiger partial charge in [-0.2, -0.15) is 0 Å². The molecule has 4 nitrogen and oxygen atoms in total. The van der Waals surface area contributed by atoms with Crippen molar-refractivity contribution >= 4 is 17.6 Å². The van der Waals surface area contributed by atoms with Crippen LogP contribution < -0.4 is 5.32 Å². The van der Waals surface area contributed by atoms with Crippen LogP contribution >= 0.6 is 11.6 Å². The van der Waals surface area contributed by atoms with Crippen LogP contribution in [0.3, 0.4) is 0 Å². The Bertz CT molecular complexity index is 707. The Kier molecular flexibility index (Phi) is 5.85. The molecule has 124 valence electrons. The van der Waals surface area contributed by atoms with Gasteiger partial charge in [-0.05, 0) is 44.5 Å². The lowest BCUT2D eigenvalue weighted by molar-refractivity contribution is 0.0694. The summed E-state index contributed by atoms with van der Waals surface area (Å²) in [6.45, 7) is 8.00. The average Bonchev–Trinajstić information content (AvgIpc) is 2.72. The molecule has 0 bridgehead atoms. The van der Waals surface area contributed by atoms with E-state index in [9.17, 15) is 9.90 Å². The second-order valence-corrected chi connectivity index (χ2v) is 6.16. The number of hydrogen-bond donors (Lipinski definition) is 2. The van der Waals surface area contributed by atoms with E-state index in [0.717, 1.165) is 35.5 Å². The normalized spacial score (nSPS) is 11.0. The van der Waals surface area contributed by atoms with E-state index < -0.39 is 5.97 Å². The maximum atomic E-state index is 11.7. The lowest BCUT2D eigenvalue weighted by Crippen LogP contribution is -2.16. The van der Waals surface area contributed by atoms with Crippen molar-refractivity contribution < 1.29 is 9.90 Å². The summed E-state index contributed by atoms with van der Waals surface area (Å²) >= 11 is 6.05. The minimum absolute atomic E-state index is 0.410. The van der Waals surface area contributed by atoms with Gasteiger partial charge in [0.2, 0.25) is 0 Å². The lowest BCUT2D eigenvalue weighted by atomic mass is 10.1. The van der Waals surface area contributed by atoms with Gasteiger partial charge in [0.15, 0.2) is 0 Å².